The van der Waals surface area contributed by atoms with E-state index in [0.717, 1.165) is 17.1 Å². The lowest BCUT2D eigenvalue weighted by molar-refractivity contribution is 0.611. The van der Waals surface area contributed by atoms with Gasteiger partial charge in [-0.2, -0.15) is 11.8 Å². The summed E-state index contributed by atoms with van der Waals surface area (Å²) in [6.07, 6.45) is 0. The van der Waals surface area contributed by atoms with Crippen molar-refractivity contribution < 1.29 is 0 Å². The van der Waals surface area contributed by atoms with Gasteiger partial charge in [-0.3, -0.25) is 11.3 Å². The smallest absolute Gasteiger partial charge is 0.0595 e. The Balaban J connectivity index is 2.78. The molecule has 1 aromatic rings. The van der Waals surface area contributed by atoms with E-state index in [4.69, 9.17) is 29.0 Å². The maximum atomic E-state index is 5.94. The van der Waals surface area contributed by atoms with Gasteiger partial charge in [-0.25, -0.2) is 0 Å². The highest BCUT2D eigenvalue weighted by atomic mass is 35.5. The molecule has 84 valence electrons. The predicted octanol–water partition coefficient (Wildman–Crippen LogP) is 3.25. The van der Waals surface area contributed by atoms with Crippen LogP contribution >= 0.6 is 35.0 Å². The minimum Gasteiger partial charge on any atom is -0.271 e. The number of halogens is 2. The van der Waals surface area contributed by atoms with Crippen LogP contribution in [0.15, 0.2) is 18.2 Å². The predicted molar refractivity (Wildman–Crippen MR) is 69.5 cm³/mol. The van der Waals surface area contributed by atoms with Crippen LogP contribution in [0.3, 0.4) is 0 Å². The van der Waals surface area contributed by atoms with E-state index in [2.05, 4.69) is 12.3 Å². The fourth-order valence-corrected chi connectivity index (χ4v) is 2.27. The van der Waals surface area contributed by atoms with Gasteiger partial charge in [0, 0.05) is 5.75 Å². The van der Waals surface area contributed by atoms with Gasteiger partial charge < -0.3 is 0 Å². The molecule has 0 saturated heterocycles. The normalized spacial score (nSPS) is 12.8. The summed E-state index contributed by atoms with van der Waals surface area (Å²) in [5, 5.41) is 1.13. The molecule has 0 bridgehead atoms. The van der Waals surface area contributed by atoms with E-state index in [0.29, 0.717) is 10.0 Å². The number of rotatable bonds is 5. The molecule has 2 nitrogen and oxygen atoms in total. The molecule has 1 rings (SSSR count). The lowest BCUT2D eigenvalue weighted by atomic mass is 10.1. The SMILES string of the molecule is CCSCC(NN)c1ccc(Cl)c(Cl)c1. The lowest BCUT2D eigenvalue weighted by Crippen LogP contribution is -2.29. The van der Waals surface area contributed by atoms with Crippen LogP contribution in [0.25, 0.3) is 0 Å². The van der Waals surface area contributed by atoms with Crippen molar-refractivity contribution in [1.82, 2.24) is 5.43 Å². The maximum Gasteiger partial charge on any atom is 0.0595 e. The van der Waals surface area contributed by atoms with Crippen molar-refractivity contribution in [3.8, 4) is 0 Å². The minimum atomic E-state index is 0.115. The van der Waals surface area contributed by atoms with Gasteiger partial charge in [0.1, 0.15) is 0 Å². The van der Waals surface area contributed by atoms with Gasteiger partial charge in [0.15, 0.2) is 0 Å². The van der Waals surface area contributed by atoms with Crippen LogP contribution in [0.5, 0.6) is 0 Å². The lowest BCUT2D eigenvalue weighted by Gasteiger charge is -2.16. The molecule has 0 radical (unpaired) electrons. The highest BCUT2D eigenvalue weighted by molar-refractivity contribution is 7.99. The number of hydrogen-bond acceptors (Lipinski definition) is 3. The molecule has 0 aliphatic heterocycles. The van der Waals surface area contributed by atoms with Gasteiger partial charge in [0.25, 0.3) is 0 Å². The van der Waals surface area contributed by atoms with Crippen molar-refractivity contribution in [2.45, 2.75) is 13.0 Å². The van der Waals surface area contributed by atoms with E-state index >= 15 is 0 Å². The Labute approximate surface area is 104 Å². The Morgan fingerprint density at radius 3 is 2.67 bits per heavy atom. The highest BCUT2D eigenvalue weighted by Gasteiger charge is 2.10. The first-order valence-corrected chi connectivity index (χ1v) is 6.59. The largest absolute Gasteiger partial charge is 0.271 e. The van der Waals surface area contributed by atoms with E-state index in [1.54, 1.807) is 6.07 Å². The van der Waals surface area contributed by atoms with Gasteiger partial charge in [-0.1, -0.05) is 36.2 Å². The third-order valence-corrected chi connectivity index (χ3v) is 3.75. The zero-order valence-corrected chi connectivity index (χ0v) is 10.8. The number of thioether (sulfide) groups is 1. The summed E-state index contributed by atoms with van der Waals surface area (Å²) in [5.41, 5.74) is 3.84. The van der Waals surface area contributed by atoms with Crippen LogP contribution in [-0.2, 0) is 0 Å². The average Bonchev–Trinajstić information content (AvgIpc) is 2.24. The molecule has 0 fully saturated rings. The van der Waals surface area contributed by atoms with Gasteiger partial charge in [0.05, 0.1) is 16.1 Å². The van der Waals surface area contributed by atoms with E-state index in [1.807, 2.05) is 23.9 Å². The van der Waals surface area contributed by atoms with Gasteiger partial charge >= 0.3 is 0 Å². The molecule has 0 heterocycles. The third-order valence-electron chi connectivity index (χ3n) is 2.04. The Morgan fingerprint density at radius 1 is 1.40 bits per heavy atom. The van der Waals surface area contributed by atoms with Crippen LogP contribution in [0.1, 0.15) is 18.5 Å². The van der Waals surface area contributed by atoms with Crippen molar-refractivity contribution in [1.29, 1.82) is 0 Å². The quantitative estimate of drug-likeness (QED) is 0.634. The van der Waals surface area contributed by atoms with Crippen LogP contribution < -0.4 is 11.3 Å². The molecule has 1 aromatic carbocycles. The molecule has 3 N–H and O–H groups in total. The van der Waals surface area contributed by atoms with E-state index in [9.17, 15) is 0 Å². The molecule has 5 heteroatoms. The molecular weight excluding hydrogens is 251 g/mol. The summed E-state index contributed by atoms with van der Waals surface area (Å²) in [4.78, 5) is 0. The monoisotopic (exact) mass is 264 g/mol. The second-order valence-electron chi connectivity index (χ2n) is 3.05. The van der Waals surface area contributed by atoms with E-state index in [-0.39, 0.29) is 6.04 Å². The molecule has 1 atom stereocenters. The Bertz CT molecular complexity index is 320. The molecule has 0 aliphatic rings. The summed E-state index contributed by atoms with van der Waals surface area (Å²) < 4.78 is 0. The Hall–Kier alpha value is 0.0700. The molecule has 0 aromatic heterocycles. The number of hydrogen-bond donors (Lipinski definition) is 2. The van der Waals surface area contributed by atoms with E-state index in [1.165, 1.54) is 0 Å². The van der Waals surface area contributed by atoms with E-state index < -0.39 is 0 Å². The molecule has 0 amide bonds. The first kappa shape index (κ1) is 13.1. The van der Waals surface area contributed by atoms with Crippen molar-refractivity contribution in [3.63, 3.8) is 0 Å². The topological polar surface area (TPSA) is 38.0 Å². The van der Waals surface area contributed by atoms with Crippen LogP contribution in [-0.4, -0.2) is 11.5 Å². The molecule has 0 aliphatic carbocycles. The van der Waals surface area contributed by atoms with Crippen LogP contribution in [0, 0.1) is 0 Å². The third kappa shape index (κ3) is 3.85. The van der Waals surface area contributed by atoms with Crippen LogP contribution in [0.2, 0.25) is 10.0 Å². The summed E-state index contributed by atoms with van der Waals surface area (Å²) in [6.45, 7) is 2.12. The second-order valence-corrected chi connectivity index (χ2v) is 5.19. The molecular formula is C10H14Cl2N2S. The molecule has 15 heavy (non-hydrogen) atoms. The zero-order valence-electron chi connectivity index (χ0n) is 8.47. The Kier molecular flexibility index (Phi) is 5.79. The van der Waals surface area contributed by atoms with Gasteiger partial charge in [0.2, 0.25) is 0 Å². The van der Waals surface area contributed by atoms with Crippen molar-refractivity contribution in [2.24, 2.45) is 5.84 Å². The fourth-order valence-electron chi connectivity index (χ4n) is 1.21. The van der Waals surface area contributed by atoms with Crippen molar-refractivity contribution in [3.05, 3.63) is 33.8 Å². The van der Waals surface area contributed by atoms with Gasteiger partial charge in [-0.15, -0.1) is 0 Å². The number of nitrogens with two attached hydrogens (primary N) is 1. The summed E-state index contributed by atoms with van der Waals surface area (Å²) in [5.74, 6) is 7.48. The molecule has 0 spiro atoms. The van der Waals surface area contributed by atoms with Crippen molar-refractivity contribution in [2.75, 3.05) is 11.5 Å². The van der Waals surface area contributed by atoms with Crippen molar-refractivity contribution >= 4 is 35.0 Å². The summed E-state index contributed by atoms with van der Waals surface area (Å²) in [7, 11) is 0. The first-order valence-electron chi connectivity index (χ1n) is 4.67. The zero-order chi connectivity index (χ0) is 11.3. The summed E-state index contributed by atoms with van der Waals surface area (Å²) >= 11 is 13.6. The second kappa shape index (κ2) is 6.61. The number of nitrogens with one attached hydrogen (secondary N) is 1. The van der Waals surface area contributed by atoms with Crippen LogP contribution in [0.4, 0.5) is 0 Å². The standard InChI is InChI=1S/C10H14Cl2N2S/c1-2-15-6-10(14-13)7-3-4-8(11)9(12)5-7/h3-5,10,14H,2,6,13H2,1H3. The Morgan fingerprint density at radius 2 is 2.13 bits per heavy atom. The summed E-state index contributed by atoms with van der Waals surface area (Å²) in [6, 6.07) is 5.70. The highest BCUT2D eigenvalue weighted by Crippen LogP contribution is 2.26. The minimum absolute atomic E-state index is 0.115. The van der Waals surface area contributed by atoms with Gasteiger partial charge in [-0.05, 0) is 23.4 Å². The maximum absolute atomic E-state index is 5.94. The fraction of sp³-hybridized carbons (Fsp3) is 0.400. The molecule has 0 saturated carbocycles. The number of hydrazine groups is 1. The molecule has 1 unspecified atom stereocenters. The average molecular weight is 265 g/mol. The first-order chi connectivity index (χ1) is 7.19. The number of benzene rings is 1.